The quantitative estimate of drug-likeness (QED) is 0.322. The van der Waals surface area contributed by atoms with E-state index in [1.165, 1.54) is 0 Å². The Labute approximate surface area is 156 Å². The molecule has 8 heteroatoms. The van der Waals surface area contributed by atoms with E-state index in [9.17, 15) is 4.79 Å². The maximum absolute atomic E-state index is 11.8. The summed E-state index contributed by atoms with van der Waals surface area (Å²) in [7, 11) is 3.47. The van der Waals surface area contributed by atoms with Crippen LogP contribution in [0.25, 0.3) is 0 Å². The van der Waals surface area contributed by atoms with Gasteiger partial charge in [0.1, 0.15) is 6.54 Å². The van der Waals surface area contributed by atoms with Crippen LogP contribution >= 0.6 is 0 Å². The molecule has 1 amide bonds. The maximum atomic E-state index is 11.8. The molecule has 0 bridgehead atoms. The van der Waals surface area contributed by atoms with Crippen LogP contribution in [-0.4, -0.2) is 90.1 Å². The average Bonchev–Trinajstić information content (AvgIpc) is 3.32. The zero-order valence-electron chi connectivity index (χ0n) is 16.2. The molecule has 2 unspecified atom stereocenters. The SMILES string of the molecule is CN(C)C(=O)CN=C(NCCCOCC1CCOC1)NCC1CCOC1. The number of nitrogens with one attached hydrogen (secondary N) is 2. The van der Waals surface area contributed by atoms with E-state index in [0.29, 0.717) is 24.4 Å². The van der Waals surface area contributed by atoms with E-state index in [-0.39, 0.29) is 12.5 Å². The molecule has 8 nitrogen and oxygen atoms in total. The Balaban J connectivity index is 1.64. The van der Waals surface area contributed by atoms with Crippen molar-refractivity contribution in [2.45, 2.75) is 19.3 Å². The van der Waals surface area contributed by atoms with Crippen molar-refractivity contribution in [1.82, 2.24) is 15.5 Å². The third kappa shape index (κ3) is 8.33. The van der Waals surface area contributed by atoms with Crippen LogP contribution in [-0.2, 0) is 19.0 Å². The number of carbonyl (C=O) groups excluding carboxylic acids is 1. The summed E-state index contributed by atoms with van der Waals surface area (Å²) in [6.07, 6.45) is 3.06. The predicted octanol–water partition coefficient (Wildman–Crippen LogP) is 0.0895. The van der Waals surface area contributed by atoms with Crippen LogP contribution in [0.2, 0.25) is 0 Å². The lowest BCUT2D eigenvalue weighted by atomic mass is 10.1. The summed E-state index contributed by atoms with van der Waals surface area (Å²) in [5.41, 5.74) is 0. The van der Waals surface area contributed by atoms with Crippen LogP contribution in [0.15, 0.2) is 4.99 Å². The first kappa shape index (κ1) is 20.9. The maximum Gasteiger partial charge on any atom is 0.243 e. The Morgan fingerprint density at radius 2 is 1.88 bits per heavy atom. The van der Waals surface area contributed by atoms with Crippen molar-refractivity contribution in [3.63, 3.8) is 0 Å². The summed E-state index contributed by atoms with van der Waals surface area (Å²) in [4.78, 5) is 17.7. The molecule has 26 heavy (non-hydrogen) atoms. The van der Waals surface area contributed by atoms with Crippen molar-refractivity contribution in [3.05, 3.63) is 0 Å². The monoisotopic (exact) mass is 370 g/mol. The molecule has 2 rings (SSSR count). The van der Waals surface area contributed by atoms with Gasteiger partial charge in [-0.15, -0.1) is 0 Å². The van der Waals surface area contributed by atoms with Gasteiger partial charge in [0.2, 0.25) is 5.91 Å². The van der Waals surface area contributed by atoms with Crippen molar-refractivity contribution in [2.24, 2.45) is 16.8 Å². The number of amides is 1. The molecule has 2 N–H and O–H groups in total. The van der Waals surface area contributed by atoms with E-state index in [1.54, 1.807) is 19.0 Å². The number of nitrogens with zero attached hydrogens (tertiary/aromatic N) is 2. The van der Waals surface area contributed by atoms with Crippen molar-refractivity contribution in [1.29, 1.82) is 0 Å². The van der Waals surface area contributed by atoms with Gasteiger partial charge in [-0.3, -0.25) is 4.79 Å². The molecule has 0 radical (unpaired) electrons. The number of guanidine groups is 1. The van der Waals surface area contributed by atoms with E-state index >= 15 is 0 Å². The molecule has 150 valence electrons. The van der Waals surface area contributed by atoms with Crippen molar-refractivity contribution in [3.8, 4) is 0 Å². The van der Waals surface area contributed by atoms with Crippen LogP contribution in [0.4, 0.5) is 0 Å². The van der Waals surface area contributed by atoms with Crippen LogP contribution in [0.3, 0.4) is 0 Å². The van der Waals surface area contributed by atoms with Crippen LogP contribution in [0, 0.1) is 11.8 Å². The summed E-state index contributed by atoms with van der Waals surface area (Å²) in [6, 6.07) is 0. The van der Waals surface area contributed by atoms with Crippen molar-refractivity contribution < 1.29 is 19.0 Å². The zero-order valence-corrected chi connectivity index (χ0v) is 16.2. The fraction of sp³-hybridized carbons (Fsp3) is 0.889. The molecule has 2 fully saturated rings. The van der Waals surface area contributed by atoms with Gasteiger partial charge in [0.05, 0.1) is 19.8 Å². The average molecular weight is 370 g/mol. The largest absolute Gasteiger partial charge is 0.381 e. The van der Waals surface area contributed by atoms with Gasteiger partial charge in [0.15, 0.2) is 5.96 Å². The van der Waals surface area contributed by atoms with Crippen molar-refractivity contribution >= 4 is 11.9 Å². The highest BCUT2D eigenvalue weighted by atomic mass is 16.5. The molecule has 2 aliphatic rings. The first-order valence-corrected chi connectivity index (χ1v) is 9.60. The second-order valence-corrected chi connectivity index (χ2v) is 7.15. The van der Waals surface area contributed by atoms with Gasteiger partial charge in [-0.1, -0.05) is 0 Å². The minimum Gasteiger partial charge on any atom is -0.381 e. The van der Waals surface area contributed by atoms with Gasteiger partial charge in [-0.2, -0.15) is 0 Å². The zero-order chi connectivity index (χ0) is 18.6. The molecule has 0 aliphatic carbocycles. The molecule has 2 heterocycles. The number of hydrogen-bond donors (Lipinski definition) is 2. The number of aliphatic imine (C=N–C) groups is 1. The molecule has 2 aliphatic heterocycles. The number of rotatable bonds is 10. The standard InChI is InChI=1S/C18H34N4O4/c1-22(2)17(23)11-21-18(20-10-15-4-8-25-12-15)19-6-3-7-24-13-16-5-9-26-14-16/h15-16H,3-14H2,1-2H3,(H2,19,20,21). The number of ether oxygens (including phenoxy) is 3. The number of carbonyl (C=O) groups is 1. The summed E-state index contributed by atoms with van der Waals surface area (Å²) in [5.74, 6) is 1.71. The van der Waals surface area contributed by atoms with Crippen LogP contribution in [0.1, 0.15) is 19.3 Å². The van der Waals surface area contributed by atoms with Crippen LogP contribution < -0.4 is 10.6 Å². The smallest absolute Gasteiger partial charge is 0.243 e. The molecule has 2 saturated heterocycles. The predicted molar refractivity (Wildman–Crippen MR) is 100 cm³/mol. The van der Waals surface area contributed by atoms with E-state index in [0.717, 1.165) is 65.4 Å². The lowest BCUT2D eigenvalue weighted by Gasteiger charge is -2.16. The Hall–Kier alpha value is -1.38. The van der Waals surface area contributed by atoms with Gasteiger partial charge in [0.25, 0.3) is 0 Å². The molecular formula is C18H34N4O4. The third-order valence-corrected chi connectivity index (χ3v) is 4.59. The van der Waals surface area contributed by atoms with Crippen molar-refractivity contribution in [2.75, 3.05) is 73.4 Å². The van der Waals surface area contributed by atoms with E-state index in [1.807, 2.05) is 0 Å². The summed E-state index contributed by atoms with van der Waals surface area (Å²) >= 11 is 0. The molecule has 0 saturated carbocycles. The summed E-state index contributed by atoms with van der Waals surface area (Å²) < 4.78 is 16.5. The molecule has 0 spiro atoms. The number of hydrogen-bond acceptors (Lipinski definition) is 5. The van der Waals surface area contributed by atoms with Gasteiger partial charge in [0, 0.05) is 58.8 Å². The van der Waals surface area contributed by atoms with Crippen LogP contribution in [0.5, 0.6) is 0 Å². The first-order chi connectivity index (χ1) is 12.6. The second kappa shape index (κ2) is 12.1. The van der Waals surface area contributed by atoms with E-state index in [2.05, 4.69) is 15.6 Å². The van der Waals surface area contributed by atoms with Gasteiger partial charge in [-0.05, 0) is 19.3 Å². The Bertz CT molecular complexity index is 433. The lowest BCUT2D eigenvalue weighted by Crippen LogP contribution is -2.41. The topological polar surface area (TPSA) is 84.4 Å². The lowest BCUT2D eigenvalue weighted by molar-refractivity contribution is -0.127. The summed E-state index contributed by atoms with van der Waals surface area (Å²) in [5, 5.41) is 6.61. The Kier molecular flexibility index (Phi) is 9.73. The fourth-order valence-corrected chi connectivity index (χ4v) is 2.79. The molecule has 0 aromatic rings. The highest BCUT2D eigenvalue weighted by Crippen LogP contribution is 2.12. The fourth-order valence-electron chi connectivity index (χ4n) is 2.79. The first-order valence-electron chi connectivity index (χ1n) is 9.60. The minimum absolute atomic E-state index is 0.0163. The highest BCUT2D eigenvalue weighted by Gasteiger charge is 2.16. The highest BCUT2D eigenvalue weighted by molar-refractivity contribution is 5.84. The Morgan fingerprint density at radius 3 is 2.54 bits per heavy atom. The third-order valence-electron chi connectivity index (χ3n) is 4.59. The summed E-state index contributed by atoms with van der Waals surface area (Å²) in [6.45, 7) is 6.49. The van der Waals surface area contributed by atoms with E-state index in [4.69, 9.17) is 14.2 Å². The van der Waals surface area contributed by atoms with Gasteiger partial charge >= 0.3 is 0 Å². The second-order valence-electron chi connectivity index (χ2n) is 7.15. The van der Waals surface area contributed by atoms with Gasteiger partial charge in [-0.25, -0.2) is 4.99 Å². The molecule has 0 aromatic carbocycles. The minimum atomic E-state index is -0.0163. The molecular weight excluding hydrogens is 336 g/mol. The molecule has 2 atom stereocenters. The Morgan fingerprint density at radius 1 is 1.15 bits per heavy atom. The van der Waals surface area contributed by atoms with E-state index < -0.39 is 0 Å². The molecule has 0 aromatic heterocycles. The number of likely N-dealkylation sites (N-methyl/N-ethyl adjacent to an activating group) is 1. The normalized spacial score (nSPS) is 23.2. The van der Waals surface area contributed by atoms with Gasteiger partial charge < -0.3 is 29.7 Å².